The fourth-order valence-electron chi connectivity index (χ4n) is 1.16. The van der Waals surface area contributed by atoms with Crippen molar-refractivity contribution in [3.8, 4) is 0 Å². The van der Waals surface area contributed by atoms with Gasteiger partial charge in [-0.05, 0) is 32.2 Å². The molecule has 13 heavy (non-hydrogen) atoms. The zero-order valence-corrected chi connectivity index (χ0v) is 8.08. The van der Waals surface area contributed by atoms with Crippen molar-refractivity contribution >= 4 is 5.91 Å². The summed E-state index contributed by atoms with van der Waals surface area (Å²) in [5, 5.41) is 2.85. The van der Waals surface area contributed by atoms with E-state index in [9.17, 15) is 4.79 Å². The number of rotatable bonds is 7. The van der Waals surface area contributed by atoms with E-state index in [1.807, 2.05) is 0 Å². The van der Waals surface area contributed by atoms with E-state index in [-0.39, 0.29) is 11.9 Å². The van der Waals surface area contributed by atoms with Crippen molar-refractivity contribution in [1.82, 2.24) is 5.32 Å². The number of carbonyl (C=O) groups is 1. The van der Waals surface area contributed by atoms with Gasteiger partial charge < -0.3 is 15.8 Å². The van der Waals surface area contributed by atoms with Gasteiger partial charge in [-0.1, -0.05) is 0 Å². The predicted molar refractivity (Wildman–Crippen MR) is 50.2 cm³/mol. The molecule has 76 valence electrons. The molecule has 0 aliphatic heterocycles. The summed E-state index contributed by atoms with van der Waals surface area (Å²) in [5.74, 6) is 0.471. The van der Waals surface area contributed by atoms with E-state index in [1.165, 1.54) is 12.8 Å². The Balaban J connectivity index is 1.98. The summed E-state index contributed by atoms with van der Waals surface area (Å²) in [6.07, 6.45) is 3.26. The van der Waals surface area contributed by atoms with Gasteiger partial charge in [0.05, 0.1) is 6.04 Å². The van der Waals surface area contributed by atoms with Crippen LogP contribution in [0.15, 0.2) is 0 Å². The van der Waals surface area contributed by atoms with Crippen molar-refractivity contribution in [2.24, 2.45) is 11.7 Å². The summed E-state index contributed by atoms with van der Waals surface area (Å²) < 4.78 is 5.39. The molecule has 4 nitrogen and oxygen atoms in total. The summed E-state index contributed by atoms with van der Waals surface area (Å²) >= 11 is 0. The lowest BCUT2D eigenvalue weighted by Gasteiger charge is -2.11. The van der Waals surface area contributed by atoms with Crippen LogP contribution < -0.4 is 11.1 Å². The molecule has 1 saturated carbocycles. The molecule has 0 radical (unpaired) electrons. The first-order chi connectivity index (χ1) is 6.24. The third kappa shape index (κ3) is 4.24. The second-order valence-electron chi connectivity index (χ2n) is 3.55. The number of hydrogen-bond acceptors (Lipinski definition) is 3. The molecule has 0 saturated heterocycles. The van der Waals surface area contributed by atoms with Gasteiger partial charge in [-0.2, -0.15) is 0 Å². The van der Waals surface area contributed by atoms with Crippen LogP contribution >= 0.6 is 0 Å². The Morgan fingerprint density at radius 2 is 2.38 bits per heavy atom. The summed E-state index contributed by atoms with van der Waals surface area (Å²) in [6, 6.07) is -0.251. The van der Waals surface area contributed by atoms with E-state index in [0.717, 1.165) is 12.5 Å². The van der Waals surface area contributed by atoms with Gasteiger partial charge in [-0.25, -0.2) is 0 Å². The Hall–Kier alpha value is -0.610. The number of nitrogens with two attached hydrogens (primary N) is 1. The molecule has 3 N–H and O–H groups in total. The molecule has 0 spiro atoms. The number of carbonyl (C=O) groups excluding carboxylic acids is 1. The minimum atomic E-state index is -0.308. The van der Waals surface area contributed by atoms with Crippen LogP contribution in [0.2, 0.25) is 0 Å². The van der Waals surface area contributed by atoms with Gasteiger partial charge in [-0.15, -0.1) is 0 Å². The third-order valence-corrected chi connectivity index (χ3v) is 2.29. The van der Waals surface area contributed by atoms with Crippen LogP contribution in [0.3, 0.4) is 0 Å². The lowest BCUT2D eigenvalue weighted by Crippen LogP contribution is -2.39. The highest BCUT2D eigenvalue weighted by atomic mass is 16.5. The van der Waals surface area contributed by atoms with Gasteiger partial charge in [0, 0.05) is 13.2 Å². The van der Waals surface area contributed by atoms with Crippen LogP contribution in [-0.4, -0.2) is 32.2 Å². The molecule has 1 rings (SSSR count). The van der Waals surface area contributed by atoms with Gasteiger partial charge in [0.15, 0.2) is 0 Å². The molecule has 1 aliphatic carbocycles. The van der Waals surface area contributed by atoms with Crippen LogP contribution in [0.5, 0.6) is 0 Å². The van der Waals surface area contributed by atoms with Crippen molar-refractivity contribution in [1.29, 1.82) is 0 Å². The standard InChI is InChI=1S/C9H18N2O2/c1-11-8(9(10)12)4-5-13-6-7-2-3-7/h7-8,11H,2-6H2,1H3,(H2,10,12). The second kappa shape index (κ2) is 5.19. The smallest absolute Gasteiger partial charge is 0.234 e. The highest BCUT2D eigenvalue weighted by Gasteiger charge is 2.21. The molecular formula is C9H18N2O2. The van der Waals surface area contributed by atoms with E-state index in [2.05, 4.69) is 5.32 Å². The van der Waals surface area contributed by atoms with Gasteiger partial charge in [0.2, 0.25) is 5.91 Å². The molecule has 0 aromatic carbocycles. The van der Waals surface area contributed by atoms with Crippen LogP contribution in [0, 0.1) is 5.92 Å². The van der Waals surface area contributed by atoms with Crippen molar-refractivity contribution in [2.45, 2.75) is 25.3 Å². The quantitative estimate of drug-likeness (QED) is 0.545. The number of amides is 1. The van der Waals surface area contributed by atoms with E-state index in [4.69, 9.17) is 10.5 Å². The molecule has 0 aromatic rings. The maximum Gasteiger partial charge on any atom is 0.234 e. The summed E-state index contributed by atoms with van der Waals surface area (Å²) in [4.78, 5) is 10.8. The first-order valence-electron chi connectivity index (χ1n) is 4.78. The zero-order chi connectivity index (χ0) is 9.68. The monoisotopic (exact) mass is 186 g/mol. The molecule has 1 atom stereocenters. The van der Waals surface area contributed by atoms with Gasteiger partial charge in [0.1, 0.15) is 0 Å². The lowest BCUT2D eigenvalue weighted by molar-refractivity contribution is -0.120. The first-order valence-corrected chi connectivity index (χ1v) is 4.78. The molecular weight excluding hydrogens is 168 g/mol. The largest absolute Gasteiger partial charge is 0.381 e. The van der Waals surface area contributed by atoms with E-state index in [1.54, 1.807) is 7.05 Å². The molecule has 4 heteroatoms. The number of likely N-dealkylation sites (N-methyl/N-ethyl adjacent to an activating group) is 1. The maximum atomic E-state index is 10.8. The normalized spacial score (nSPS) is 18.5. The van der Waals surface area contributed by atoms with Crippen LogP contribution in [0.1, 0.15) is 19.3 Å². The van der Waals surface area contributed by atoms with Crippen molar-refractivity contribution in [3.63, 3.8) is 0 Å². The van der Waals surface area contributed by atoms with Gasteiger partial charge >= 0.3 is 0 Å². The molecule has 1 unspecified atom stereocenters. The zero-order valence-electron chi connectivity index (χ0n) is 8.08. The predicted octanol–water partition coefficient (Wildman–Crippen LogP) is -0.124. The topological polar surface area (TPSA) is 64.3 Å². The number of hydrogen-bond donors (Lipinski definition) is 2. The third-order valence-electron chi connectivity index (χ3n) is 2.29. The molecule has 0 aromatic heterocycles. The number of ether oxygens (including phenoxy) is 1. The minimum absolute atomic E-state index is 0.251. The van der Waals surface area contributed by atoms with Crippen molar-refractivity contribution < 1.29 is 9.53 Å². The molecule has 1 amide bonds. The first kappa shape index (κ1) is 10.5. The Bertz CT molecular complexity index is 169. The van der Waals surface area contributed by atoms with Crippen LogP contribution in [0.4, 0.5) is 0 Å². The van der Waals surface area contributed by atoms with Crippen LogP contribution in [0.25, 0.3) is 0 Å². The number of primary amides is 1. The molecule has 0 bridgehead atoms. The Kier molecular flexibility index (Phi) is 4.18. The van der Waals surface area contributed by atoms with Gasteiger partial charge in [0.25, 0.3) is 0 Å². The Morgan fingerprint density at radius 1 is 1.69 bits per heavy atom. The Morgan fingerprint density at radius 3 is 2.85 bits per heavy atom. The molecule has 1 aliphatic rings. The fourth-order valence-corrected chi connectivity index (χ4v) is 1.16. The van der Waals surface area contributed by atoms with Crippen molar-refractivity contribution in [3.05, 3.63) is 0 Å². The van der Waals surface area contributed by atoms with Crippen LogP contribution in [-0.2, 0) is 9.53 Å². The van der Waals surface area contributed by atoms with E-state index in [0.29, 0.717) is 13.0 Å². The highest BCUT2D eigenvalue weighted by Crippen LogP contribution is 2.28. The molecule has 1 fully saturated rings. The second-order valence-corrected chi connectivity index (χ2v) is 3.55. The SMILES string of the molecule is CNC(CCOCC1CC1)C(N)=O. The Labute approximate surface area is 78.8 Å². The van der Waals surface area contributed by atoms with Gasteiger partial charge in [-0.3, -0.25) is 4.79 Å². The number of nitrogens with one attached hydrogen (secondary N) is 1. The fraction of sp³-hybridized carbons (Fsp3) is 0.889. The summed E-state index contributed by atoms with van der Waals surface area (Å²) in [5.41, 5.74) is 5.14. The maximum absolute atomic E-state index is 10.8. The molecule has 0 heterocycles. The van der Waals surface area contributed by atoms with E-state index < -0.39 is 0 Å². The van der Waals surface area contributed by atoms with Crippen molar-refractivity contribution in [2.75, 3.05) is 20.3 Å². The highest BCUT2D eigenvalue weighted by molar-refractivity contribution is 5.79. The lowest BCUT2D eigenvalue weighted by atomic mass is 10.2. The summed E-state index contributed by atoms with van der Waals surface area (Å²) in [7, 11) is 1.73. The minimum Gasteiger partial charge on any atom is -0.381 e. The van der Waals surface area contributed by atoms with E-state index >= 15 is 0 Å². The average molecular weight is 186 g/mol. The average Bonchev–Trinajstić information content (AvgIpc) is 2.87. The summed E-state index contributed by atoms with van der Waals surface area (Å²) in [6.45, 7) is 1.46.